The molecule has 0 fully saturated rings. The smallest absolute Gasteiger partial charge is 0.206 e. The highest BCUT2D eigenvalue weighted by Gasteiger charge is 2.20. The molecule has 0 spiro atoms. The lowest BCUT2D eigenvalue weighted by Crippen LogP contribution is -2.23. The largest absolute Gasteiger partial charge is 0.619 e. The van der Waals surface area contributed by atoms with Crippen LogP contribution < -0.4 is 19.9 Å². The first kappa shape index (κ1) is 11.1. The highest BCUT2D eigenvalue weighted by Crippen LogP contribution is 2.46. The van der Waals surface area contributed by atoms with E-state index < -0.39 is 0 Å². The average Bonchev–Trinajstić information content (AvgIpc) is 2.33. The van der Waals surface area contributed by atoms with Gasteiger partial charge in [-0.2, -0.15) is 4.73 Å². The number of benzene rings is 1. The number of aromatic nitrogens is 1. The zero-order valence-electron chi connectivity index (χ0n) is 9.43. The first-order valence-corrected chi connectivity index (χ1v) is 4.85. The number of pyridine rings is 1. The third kappa shape index (κ3) is 1.54. The summed E-state index contributed by atoms with van der Waals surface area (Å²) in [5.74, 6) is 0.198. The minimum atomic E-state index is -0.168. The monoisotopic (exact) mass is 236 g/mol. The number of methoxy groups -OCH3 is 2. The quantitative estimate of drug-likeness (QED) is 0.348. The molecule has 2 aromatic rings. The van der Waals surface area contributed by atoms with Crippen LogP contribution in [-0.2, 0) is 0 Å². The number of fused-ring (bicyclic) bond motifs is 1. The van der Waals surface area contributed by atoms with Crippen molar-refractivity contribution < 1.29 is 19.3 Å². The van der Waals surface area contributed by atoms with Gasteiger partial charge < -0.3 is 25.5 Å². The van der Waals surface area contributed by atoms with Gasteiger partial charge in [0.05, 0.1) is 25.3 Å². The second-order valence-electron chi connectivity index (χ2n) is 3.46. The third-order valence-corrected chi connectivity index (χ3v) is 2.55. The highest BCUT2D eigenvalue weighted by molar-refractivity contribution is 6.01. The van der Waals surface area contributed by atoms with Gasteiger partial charge >= 0.3 is 0 Å². The van der Waals surface area contributed by atoms with Crippen LogP contribution in [-0.4, -0.2) is 19.3 Å². The average molecular weight is 236 g/mol. The van der Waals surface area contributed by atoms with Crippen LogP contribution >= 0.6 is 0 Å². The fourth-order valence-electron chi connectivity index (χ4n) is 1.77. The number of hydrogen-bond acceptors (Lipinski definition) is 5. The fourth-order valence-corrected chi connectivity index (χ4v) is 1.77. The van der Waals surface area contributed by atoms with Crippen LogP contribution in [0.15, 0.2) is 18.5 Å². The number of nitrogens with zero attached hydrogens (tertiary/aromatic N) is 1. The summed E-state index contributed by atoms with van der Waals surface area (Å²) in [4.78, 5) is 0. The van der Waals surface area contributed by atoms with Crippen molar-refractivity contribution in [3.05, 3.63) is 23.7 Å². The fraction of sp³-hybridized carbons (Fsp3) is 0.182. The van der Waals surface area contributed by atoms with E-state index in [2.05, 4.69) is 0 Å². The Morgan fingerprint density at radius 3 is 2.47 bits per heavy atom. The SMILES string of the molecule is COc1c(OC)c(O)c2c[n+]([O-])ccc2c1N. The molecule has 0 aliphatic carbocycles. The van der Waals surface area contributed by atoms with E-state index in [0.29, 0.717) is 21.2 Å². The number of ether oxygens (including phenoxy) is 2. The van der Waals surface area contributed by atoms with E-state index in [1.54, 1.807) is 0 Å². The summed E-state index contributed by atoms with van der Waals surface area (Å²) in [6, 6.07) is 1.51. The lowest BCUT2D eigenvalue weighted by atomic mass is 10.1. The van der Waals surface area contributed by atoms with Gasteiger partial charge in [0.15, 0.2) is 23.9 Å². The summed E-state index contributed by atoms with van der Waals surface area (Å²) in [7, 11) is 2.81. The molecule has 6 nitrogen and oxygen atoms in total. The van der Waals surface area contributed by atoms with E-state index in [0.717, 1.165) is 0 Å². The van der Waals surface area contributed by atoms with Gasteiger partial charge in [-0.15, -0.1) is 0 Å². The second kappa shape index (κ2) is 3.89. The Labute approximate surface area is 97.4 Å². The van der Waals surface area contributed by atoms with Crippen LogP contribution in [0.25, 0.3) is 10.8 Å². The number of aromatic hydroxyl groups is 1. The Morgan fingerprint density at radius 1 is 1.24 bits per heavy atom. The van der Waals surface area contributed by atoms with Gasteiger partial charge in [0, 0.05) is 11.5 Å². The van der Waals surface area contributed by atoms with Crippen molar-refractivity contribution in [2.24, 2.45) is 0 Å². The van der Waals surface area contributed by atoms with Gasteiger partial charge in [-0.05, 0) is 0 Å². The van der Waals surface area contributed by atoms with Crippen LogP contribution in [0, 0.1) is 5.21 Å². The van der Waals surface area contributed by atoms with Crippen molar-refractivity contribution >= 4 is 16.5 Å². The van der Waals surface area contributed by atoms with Gasteiger partial charge in [-0.25, -0.2) is 0 Å². The number of hydrogen-bond donors (Lipinski definition) is 2. The zero-order valence-corrected chi connectivity index (χ0v) is 9.43. The first-order valence-electron chi connectivity index (χ1n) is 4.85. The van der Waals surface area contributed by atoms with Crippen molar-refractivity contribution in [3.8, 4) is 17.2 Å². The lowest BCUT2D eigenvalue weighted by molar-refractivity contribution is -0.603. The molecule has 0 aliphatic rings. The Hall–Kier alpha value is -2.37. The summed E-state index contributed by atoms with van der Waals surface area (Å²) in [5.41, 5.74) is 6.21. The number of phenols is 1. The first-order chi connectivity index (χ1) is 8.10. The molecule has 17 heavy (non-hydrogen) atoms. The van der Waals surface area contributed by atoms with Gasteiger partial charge in [0.1, 0.15) is 0 Å². The number of anilines is 1. The molecule has 6 heteroatoms. The van der Waals surface area contributed by atoms with Gasteiger partial charge in [-0.1, -0.05) is 0 Å². The molecule has 0 saturated heterocycles. The number of rotatable bonds is 2. The van der Waals surface area contributed by atoms with Crippen molar-refractivity contribution in [3.63, 3.8) is 0 Å². The predicted octanol–water partition coefficient (Wildman–Crippen LogP) is 0.778. The van der Waals surface area contributed by atoms with Crippen molar-refractivity contribution in [2.75, 3.05) is 20.0 Å². The van der Waals surface area contributed by atoms with Crippen LogP contribution in [0.4, 0.5) is 5.69 Å². The Bertz CT molecular complexity index is 583. The van der Waals surface area contributed by atoms with Gasteiger partial charge in [0.25, 0.3) is 0 Å². The van der Waals surface area contributed by atoms with Crippen molar-refractivity contribution in [1.29, 1.82) is 0 Å². The standard InChI is InChI=1S/C11H12N2O4/c1-16-10-8(12)6-3-4-13(15)5-7(6)9(14)11(10)17-2/h3-5,14H,12H2,1-2H3. The molecule has 0 radical (unpaired) electrons. The van der Waals surface area contributed by atoms with E-state index >= 15 is 0 Å². The molecule has 3 N–H and O–H groups in total. The molecule has 0 amide bonds. The van der Waals surface area contributed by atoms with Crippen LogP contribution in [0.3, 0.4) is 0 Å². The normalized spacial score (nSPS) is 10.5. The molecule has 0 unspecified atom stereocenters. The van der Waals surface area contributed by atoms with E-state index in [-0.39, 0.29) is 17.2 Å². The van der Waals surface area contributed by atoms with Crippen LogP contribution in [0.2, 0.25) is 0 Å². The van der Waals surface area contributed by atoms with Crippen LogP contribution in [0.1, 0.15) is 0 Å². The molecular weight excluding hydrogens is 224 g/mol. The minimum absolute atomic E-state index is 0.115. The summed E-state index contributed by atoms with van der Waals surface area (Å²) < 4.78 is 10.7. The molecule has 1 heterocycles. The molecule has 0 atom stereocenters. The molecule has 2 rings (SSSR count). The number of nitrogen functional groups attached to an aromatic ring is 1. The zero-order chi connectivity index (χ0) is 12.6. The highest BCUT2D eigenvalue weighted by atomic mass is 16.5. The minimum Gasteiger partial charge on any atom is -0.619 e. The molecule has 1 aromatic heterocycles. The lowest BCUT2D eigenvalue weighted by Gasteiger charge is -2.14. The maximum Gasteiger partial charge on any atom is 0.206 e. The molecule has 0 bridgehead atoms. The van der Waals surface area contributed by atoms with Crippen molar-refractivity contribution in [1.82, 2.24) is 0 Å². The van der Waals surface area contributed by atoms with Crippen LogP contribution in [0.5, 0.6) is 17.2 Å². The maximum absolute atomic E-state index is 11.2. The molecule has 1 aromatic carbocycles. The Balaban J connectivity index is 2.94. The molecule has 0 saturated carbocycles. The van der Waals surface area contributed by atoms with E-state index in [9.17, 15) is 10.3 Å². The predicted molar refractivity (Wildman–Crippen MR) is 62.1 cm³/mol. The van der Waals surface area contributed by atoms with E-state index in [1.807, 2.05) is 0 Å². The number of phenolic OH excluding ortho intramolecular Hbond substituents is 1. The summed E-state index contributed by atoms with van der Waals surface area (Å²) >= 11 is 0. The summed E-state index contributed by atoms with van der Waals surface area (Å²) in [5, 5.41) is 22.0. The van der Waals surface area contributed by atoms with Gasteiger partial charge in [-0.3, -0.25) is 0 Å². The summed E-state index contributed by atoms with van der Waals surface area (Å²) in [6.07, 6.45) is 2.52. The maximum atomic E-state index is 11.2. The summed E-state index contributed by atoms with van der Waals surface area (Å²) in [6.45, 7) is 0. The second-order valence-corrected chi connectivity index (χ2v) is 3.46. The van der Waals surface area contributed by atoms with Crippen molar-refractivity contribution in [2.45, 2.75) is 0 Å². The van der Waals surface area contributed by atoms with E-state index in [1.165, 1.54) is 32.7 Å². The Kier molecular flexibility index (Phi) is 2.55. The Morgan fingerprint density at radius 2 is 1.88 bits per heavy atom. The molecule has 0 aliphatic heterocycles. The van der Waals surface area contributed by atoms with E-state index in [4.69, 9.17) is 15.2 Å². The number of nitrogens with two attached hydrogens (primary N) is 1. The molecule has 90 valence electrons. The topological polar surface area (TPSA) is 91.6 Å². The molecular formula is C11H12N2O4. The third-order valence-electron chi connectivity index (χ3n) is 2.55. The van der Waals surface area contributed by atoms with Gasteiger partial charge in [0.2, 0.25) is 5.75 Å².